The minimum atomic E-state index is -0.498. The number of nitrogens with zero attached hydrogens (tertiary/aromatic N) is 1. The van der Waals surface area contributed by atoms with Crippen molar-refractivity contribution in [2.45, 2.75) is 6.92 Å². The lowest BCUT2D eigenvalue weighted by Crippen LogP contribution is -2.15. The Labute approximate surface area is 121 Å². The molecule has 0 radical (unpaired) electrons. The van der Waals surface area contributed by atoms with Crippen LogP contribution in [0.1, 0.15) is 21.6 Å². The summed E-state index contributed by atoms with van der Waals surface area (Å²) in [6, 6.07) is 8.93. The van der Waals surface area contributed by atoms with E-state index in [4.69, 9.17) is 5.11 Å². The summed E-state index contributed by atoms with van der Waals surface area (Å²) in [4.78, 5) is 16.4. The SMILES string of the molecule is Cc1cccc(NC(=O)c2ccc(F)cc2C#CCO)n1. The normalized spacial score (nSPS) is 9.67. The lowest BCUT2D eigenvalue weighted by atomic mass is 10.1. The maximum Gasteiger partial charge on any atom is 0.258 e. The van der Waals surface area contributed by atoms with E-state index >= 15 is 0 Å². The van der Waals surface area contributed by atoms with Gasteiger partial charge in [0.1, 0.15) is 18.2 Å². The Bertz CT molecular complexity index is 733. The molecule has 0 aliphatic heterocycles. The molecular formula is C16H13FN2O2. The van der Waals surface area contributed by atoms with Crippen molar-refractivity contribution in [2.75, 3.05) is 11.9 Å². The maximum atomic E-state index is 13.2. The fraction of sp³-hybridized carbons (Fsp3) is 0.125. The highest BCUT2D eigenvalue weighted by Crippen LogP contribution is 2.13. The van der Waals surface area contributed by atoms with Crippen molar-refractivity contribution in [3.8, 4) is 11.8 Å². The van der Waals surface area contributed by atoms with Gasteiger partial charge in [-0.2, -0.15) is 0 Å². The molecule has 0 aliphatic carbocycles. The van der Waals surface area contributed by atoms with Crippen LogP contribution in [0.3, 0.4) is 0 Å². The molecule has 2 rings (SSSR count). The van der Waals surface area contributed by atoms with Gasteiger partial charge < -0.3 is 10.4 Å². The van der Waals surface area contributed by atoms with Gasteiger partial charge in [0, 0.05) is 11.3 Å². The van der Waals surface area contributed by atoms with Crippen molar-refractivity contribution in [1.82, 2.24) is 4.98 Å². The molecule has 106 valence electrons. The van der Waals surface area contributed by atoms with Crippen molar-refractivity contribution in [2.24, 2.45) is 0 Å². The van der Waals surface area contributed by atoms with Gasteiger partial charge in [0.2, 0.25) is 0 Å². The first-order chi connectivity index (χ1) is 10.1. The van der Waals surface area contributed by atoms with Crippen LogP contribution in [0.2, 0.25) is 0 Å². The standard InChI is InChI=1S/C16H13FN2O2/c1-11-4-2-6-15(18-11)19-16(21)14-8-7-13(17)10-12(14)5-3-9-20/h2,4,6-8,10,20H,9H2,1H3,(H,18,19,21). The number of amides is 1. The summed E-state index contributed by atoms with van der Waals surface area (Å²) in [5.74, 6) is 4.44. The van der Waals surface area contributed by atoms with Crippen LogP contribution in [0.5, 0.6) is 0 Å². The van der Waals surface area contributed by atoms with Gasteiger partial charge in [0.25, 0.3) is 5.91 Å². The molecule has 1 amide bonds. The fourth-order valence-electron chi connectivity index (χ4n) is 1.75. The van der Waals surface area contributed by atoms with E-state index in [0.29, 0.717) is 5.82 Å². The molecule has 2 aromatic rings. The average molecular weight is 284 g/mol. The Morgan fingerprint density at radius 3 is 2.90 bits per heavy atom. The third kappa shape index (κ3) is 3.88. The van der Waals surface area contributed by atoms with E-state index in [2.05, 4.69) is 22.1 Å². The number of nitrogens with one attached hydrogen (secondary N) is 1. The molecule has 0 spiro atoms. The summed E-state index contributed by atoms with van der Waals surface area (Å²) < 4.78 is 13.2. The second kappa shape index (κ2) is 6.64. The van der Waals surface area contributed by atoms with E-state index in [0.717, 1.165) is 11.8 Å². The van der Waals surface area contributed by atoms with Crippen LogP contribution in [0.15, 0.2) is 36.4 Å². The maximum absolute atomic E-state index is 13.2. The van der Waals surface area contributed by atoms with Crippen LogP contribution in [0, 0.1) is 24.6 Å². The second-order valence-corrected chi connectivity index (χ2v) is 4.27. The highest BCUT2D eigenvalue weighted by Gasteiger charge is 2.12. The Balaban J connectivity index is 2.30. The molecule has 1 aromatic heterocycles. The van der Waals surface area contributed by atoms with Gasteiger partial charge in [-0.1, -0.05) is 17.9 Å². The Hall–Kier alpha value is -2.71. The Morgan fingerprint density at radius 1 is 1.38 bits per heavy atom. The first kappa shape index (κ1) is 14.7. The molecule has 0 bridgehead atoms. The van der Waals surface area contributed by atoms with E-state index in [9.17, 15) is 9.18 Å². The Morgan fingerprint density at radius 2 is 2.19 bits per heavy atom. The molecule has 0 atom stereocenters. The molecular weight excluding hydrogens is 271 g/mol. The van der Waals surface area contributed by atoms with Crippen molar-refractivity contribution >= 4 is 11.7 Å². The molecule has 1 aromatic carbocycles. The smallest absolute Gasteiger partial charge is 0.258 e. The molecule has 2 N–H and O–H groups in total. The number of carbonyl (C=O) groups excluding carboxylic acids is 1. The summed E-state index contributed by atoms with van der Waals surface area (Å²) in [5.41, 5.74) is 1.21. The number of rotatable bonds is 2. The number of aliphatic hydroxyl groups is 1. The predicted octanol–water partition coefficient (Wildman–Crippen LogP) is 2.13. The second-order valence-electron chi connectivity index (χ2n) is 4.27. The number of halogens is 1. The fourth-order valence-corrected chi connectivity index (χ4v) is 1.75. The quantitative estimate of drug-likeness (QED) is 0.830. The average Bonchev–Trinajstić information content (AvgIpc) is 2.45. The number of anilines is 1. The summed E-state index contributed by atoms with van der Waals surface area (Å²) in [6.07, 6.45) is 0. The third-order valence-electron chi connectivity index (χ3n) is 2.66. The minimum absolute atomic E-state index is 0.217. The van der Waals surface area contributed by atoms with Gasteiger partial charge in [0.15, 0.2) is 0 Å². The Kier molecular flexibility index (Phi) is 4.64. The summed E-state index contributed by atoms with van der Waals surface area (Å²) in [5, 5.41) is 11.3. The molecule has 21 heavy (non-hydrogen) atoms. The number of aromatic nitrogens is 1. The number of benzene rings is 1. The summed E-state index contributed by atoms with van der Waals surface area (Å²) in [6.45, 7) is 1.45. The monoisotopic (exact) mass is 284 g/mol. The van der Waals surface area contributed by atoms with Gasteiger partial charge in [-0.3, -0.25) is 4.79 Å². The first-order valence-corrected chi connectivity index (χ1v) is 6.24. The largest absolute Gasteiger partial charge is 0.384 e. The van der Waals surface area contributed by atoms with Crippen molar-refractivity contribution in [1.29, 1.82) is 0 Å². The van der Waals surface area contributed by atoms with Crippen LogP contribution in [-0.4, -0.2) is 22.6 Å². The zero-order chi connectivity index (χ0) is 15.2. The number of aryl methyl sites for hydroxylation is 1. The number of hydrogen-bond acceptors (Lipinski definition) is 3. The van der Waals surface area contributed by atoms with Gasteiger partial charge in [-0.15, -0.1) is 0 Å². The molecule has 5 heteroatoms. The minimum Gasteiger partial charge on any atom is -0.384 e. The van der Waals surface area contributed by atoms with Crippen molar-refractivity contribution < 1.29 is 14.3 Å². The number of pyridine rings is 1. The third-order valence-corrected chi connectivity index (χ3v) is 2.66. The van der Waals surface area contributed by atoms with Crippen LogP contribution < -0.4 is 5.32 Å². The predicted molar refractivity (Wildman–Crippen MR) is 77.3 cm³/mol. The van der Waals surface area contributed by atoms with Gasteiger partial charge in [-0.05, 0) is 37.3 Å². The van der Waals surface area contributed by atoms with E-state index in [-0.39, 0.29) is 17.7 Å². The summed E-state index contributed by atoms with van der Waals surface area (Å²) in [7, 11) is 0. The molecule has 0 aliphatic rings. The lowest BCUT2D eigenvalue weighted by molar-refractivity contribution is 0.102. The number of carbonyl (C=O) groups is 1. The number of aliphatic hydroxyl groups excluding tert-OH is 1. The molecule has 4 nitrogen and oxygen atoms in total. The highest BCUT2D eigenvalue weighted by atomic mass is 19.1. The molecule has 0 unspecified atom stereocenters. The topological polar surface area (TPSA) is 62.2 Å². The van der Waals surface area contributed by atoms with Gasteiger partial charge >= 0.3 is 0 Å². The van der Waals surface area contributed by atoms with E-state index in [1.807, 2.05) is 13.0 Å². The first-order valence-electron chi connectivity index (χ1n) is 6.24. The molecule has 0 saturated heterocycles. The highest BCUT2D eigenvalue weighted by molar-refractivity contribution is 6.05. The van der Waals surface area contributed by atoms with Crippen LogP contribution >= 0.6 is 0 Å². The lowest BCUT2D eigenvalue weighted by Gasteiger charge is -2.07. The molecule has 0 fully saturated rings. The van der Waals surface area contributed by atoms with Crippen LogP contribution in [0.4, 0.5) is 10.2 Å². The van der Waals surface area contributed by atoms with Crippen molar-refractivity contribution in [3.05, 3.63) is 59.0 Å². The van der Waals surface area contributed by atoms with Crippen LogP contribution in [0.25, 0.3) is 0 Å². The zero-order valence-corrected chi connectivity index (χ0v) is 11.4. The van der Waals surface area contributed by atoms with Crippen molar-refractivity contribution in [3.63, 3.8) is 0 Å². The van der Waals surface area contributed by atoms with E-state index in [1.165, 1.54) is 12.1 Å². The summed E-state index contributed by atoms with van der Waals surface area (Å²) >= 11 is 0. The zero-order valence-electron chi connectivity index (χ0n) is 11.4. The molecule has 1 heterocycles. The van der Waals surface area contributed by atoms with Crippen LogP contribution in [-0.2, 0) is 0 Å². The van der Waals surface area contributed by atoms with Gasteiger partial charge in [-0.25, -0.2) is 9.37 Å². The van der Waals surface area contributed by atoms with Gasteiger partial charge in [0.05, 0.1) is 5.56 Å². The van der Waals surface area contributed by atoms with E-state index < -0.39 is 11.7 Å². The van der Waals surface area contributed by atoms with E-state index in [1.54, 1.807) is 12.1 Å². The molecule has 0 saturated carbocycles. The number of hydrogen-bond donors (Lipinski definition) is 2.